The van der Waals surface area contributed by atoms with E-state index in [2.05, 4.69) is 4.72 Å². The Labute approximate surface area is 122 Å². The van der Waals surface area contributed by atoms with Gasteiger partial charge in [-0.1, -0.05) is 6.92 Å². The number of rotatable bonds is 6. The number of hydrogen-bond acceptors (Lipinski definition) is 4. The molecule has 21 heavy (non-hydrogen) atoms. The summed E-state index contributed by atoms with van der Waals surface area (Å²) in [4.78, 5) is 0.728. The monoisotopic (exact) mass is 325 g/mol. The van der Waals surface area contributed by atoms with Gasteiger partial charge in [0.15, 0.2) is 0 Å². The fourth-order valence-corrected chi connectivity index (χ4v) is 2.87. The van der Waals surface area contributed by atoms with Gasteiger partial charge in [0.1, 0.15) is 11.4 Å². The molecule has 3 N–H and O–H groups in total. The molecule has 0 saturated carbocycles. The number of alkyl halides is 3. The van der Waals surface area contributed by atoms with Crippen LogP contribution in [0.1, 0.15) is 13.3 Å². The average Bonchev–Trinajstić information content (AvgIpc) is 2.36. The molecule has 0 heterocycles. The zero-order valence-electron chi connectivity index (χ0n) is 11.7. The van der Waals surface area contributed by atoms with E-state index in [1.54, 1.807) is 6.92 Å². The predicted molar refractivity (Wildman–Crippen MR) is 75.7 cm³/mol. The molecule has 0 radical (unpaired) electrons. The number of nitrogens with zero attached hydrogens (tertiary/aromatic N) is 1. The summed E-state index contributed by atoms with van der Waals surface area (Å²) in [6.45, 7) is 0.569. The van der Waals surface area contributed by atoms with E-state index in [9.17, 15) is 21.6 Å². The minimum Gasteiger partial charge on any atom is -0.399 e. The molecule has 0 amide bonds. The Bertz CT molecular complexity index is 588. The Hall–Kier alpha value is -1.48. The molecular weight excluding hydrogens is 307 g/mol. The maximum Gasteiger partial charge on any atom is 0.405 e. The van der Waals surface area contributed by atoms with Gasteiger partial charge in [-0.15, -0.1) is 0 Å². The van der Waals surface area contributed by atoms with E-state index in [-0.39, 0.29) is 22.8 Å². The predicted octanol–water partition coefficient (Wildman–Crippen LogP) is 1.96. The lowest BCUT2D eigenvalue weighted by Crippen LogP contribution is -2.36. The summed E-state index contributed by atoms with van der Waals surface area (Å²) in [6, 6.07) is 3.82. The van der Waals surface area contributed by atoms with Gasteiger partial charge < -0.3 is 10.6 Å². The molecule has 0 saturated heterocycles. The molecule has 0 fully saturated rings. The van der Waals surface area contributed by atoms with Gasteiger partial charge in [-0.25, -0.2) is 13.1 Å². The first kappa shape index (κ1) is 17.6. The molecule has 120 valence electrons. The lowest BCUT2D eigenvalue weighted by molar-refractivity contribution is -0.119. The molecule has 0 spiro atoms. The quantitative estimate of drug-likeness (QED) is 0.784. The lowest BCUT2D eigenvalue weighted by Gasteiger charge is -2.27. The van der Waals surface area contributed by atoms with Crippen molar-refractivity contribution in [1.82, 2.24) is 4.72 Å². The Morgan fingerprint density at radius 3 is 2.43 bits per heavy atom. The van der Waals surface area contributed by atoms with E-state index < -0.39 is 22.7 Å². The zero-order valence-corrected chi connectivity index (χ0v) is 12.6. The van der Waals surface area contributed by atoms with Gasteiger partial charge in [0, 0.05) is 12.2 Å². The van der Waals surface area contributed by atoms with Crippen LogP contribution in [0.3, 0.4) is 0 Å². The van der Waals surface area contributed by atoms with E-state index in [4.69, 9.17) is 5.73 Å². The second kappa shape index (κ2) is 6.52. The summed E-state index contributed by atoms with van der Waals surface area (Å²) in [5.41, 5.74) is 5.69. The van der Waals surface area contributed by atoms with Crippen molar-refractivity contribution < 1.29 is 21.6 Å². The Morgan fingerprint density at radius 1 is 1.33 bits per heavy atom. The number of nitrogen functional groups attached to an aromatic ring is 1. The summed E-state index contributed by atoms with van der Waals surface area (Å²) in [7, 11) is -2.72. The molecule has 0 unspecified atom stereocenters. The number of nitrogens with one attached hydrogen (secondary N) is 1. The highest BCUT2D eigenvalue weighted by atomic mass is 32.2. The van der Waals surface area contributed by atoms with Crippen LogP contribution in [-0.4, -0.2) is 34.7 Å². The van der Waals surface area contributed by atoms with E-state index >= 15 is 0 Å². The minimum atomic E-state index is -4.43. The van der Waals surface area contributed by atoms with Crippen molar-refractivity contribution in [2.45, 2.75) is 24.4 Å². The highest BCUT2D eigenvalue weighted by Crippen LogP contribution is 2.30. The van der Waals surface area contributed by atoms with Gasteiger partial charge >= 0.3 is 6.18 Å². The third-order valence-corrected chi connectivity index (χ3v) is 4.19. The maximum atomic E-state index is 12.7. The highest BCUT2D eigenvalue weighted by Gasteiger charge is 2.32. The fourth-order valence-electron chi connectivity index (χ4n) is 1.89. The first-order valence-corrected chi connectivity index (χ1v) is 7.74. The van der Waals surface area contributed by atoms with Crippen molar-refractivity contribution >= 4 is 21.4 Å². The van der Waals surface area contributed by atoms with Gasteiger partial charge in [0.25, 0.3) is 0 Å². The number of anilines is 2. The van der Waals surface area contributed by atoms with Crippen LogP contribution in [-0.2, 0) is 10.0 Å². The van der Waals surface area contributed by atoms with Crippen LogP contribution in [0.5, 0.6) is 0 Å². The molecule has 0 aliphatic rings. The van der Waals surface area contributed by atoms with Gasteiger partial charge in [0.05, 0.1) is 5.69 Å². The summed E-state index contributed by atoms with van der Waals surface area (Å²) in [5.74, 6) is 0. The van der Waals surface area contributed by atoms with Crippen LogP contribution in [0.15, 0.2) is 23.1 Å². The third kappa shape index (κ3) is 4.78. The van der Waals surface area contributed by atoms with Gasteiger partial charge in [-0.3, -0.25) is 0 Å². The smallest absolute Gasteiger partial charge is 0.399 e. The molecule has 0 aliphatic carbocycles. The van der Waals surface area contributed by atoms with Crippen LogP contribution in [0, 0.1) is 0 Å². The molecule has 0 aliphatic heterocycles. The minimum absolute atomic E-state index is 0.0160. The van der Waals surface area contributed by atoms with Crippen molar-refractivity contribution in [3.8, 4) is 0 Å². The van der Waals surface area contributed by atoms with Crippen molar-refractivity contribution in [3.63, 3.8) is 0 Å². The Kier molecular flexibility index (Phi) is 5.46. The summed E-state index contributed by atoms with van der Waals surface area (Å²) in [5, 5.41) is 0. The standard InChI is InChI=1S/C12H18F3N3O2S/c1-3-6-18(8-12(13,14)15)10-5-4-9(16)7-11(10)21(19,20)17-2/h4-5,7,17H,3,6,8,16H2,1-2H3. The molecule has 1 rings (SSSR count). The fraction of sp³-hybridized carbons (Fsp3) is 0.500. The summed E-state index contributed by atoms with van der Waals surface area (Å²) in [6.07, 6.45) is -3.99. The summed E-state index contributed by atoms with van der Waals surface area (Å²) >= 11 is 0. The Balaban J connectivity index is 3.38. The third-order valence-electron chi connectivity index (χ3n) is 2.75. The van der Waals surface area contributed by atoms with Crippen molar-refractivity contribution in [1.29, 1.82) is 0 Å². The highest BCUT2D eigenvalue weighted by molar-refractivity contribution is 7.89. The maximum absolute atomic E-state index is 12.7. The molecule has 1 aromatic rings. The largest absolute Gasteiger partial charge is 0.405 e. The van der Waals surface area contributed by atoms with Gasteiger partial charge in [0.2, 0.25) is 10.0 Å². The number of benzene rings is 1. The molecule has 0 bridgehead atoms. The van der Waals surface area contributed by atoms with Crippen LogP contribution < -0.4 is 15.4 Å². The normalized spacial score (nSPS) is 12.4. The van der Waals surface area contributed by atoms with Crippen molar-refractivity contribution in [2.75, 3.05) is 30.8 Å². The van der Waals surface area contributed by atoms with Crippen molar-refractivity contribution in [2.24, 2.45) is 0 Å². The van der Waals surface area contributed by atoms with E-state index in [0.29, 0.717) is 6.42 Å². The van der Waals surface area contributed by atoms with Gasteiger partial charge in [-0.2, -0.15) is 13.2 Å². The topological polar surface area (TPSA) is 75.4 Å². The van der Waals surface area contributed by atoms with Crippen molar-refractivity contribution in [3.05, 3.63) is 18.2 Å². The van der Waals surface area contributed by atoms with E-state index in [1.807, 2.05) is 0 Å². The molecule has 9 heteroatoms. The number of nitrogens with two attached hydrogens (primary N) is 1. The molecule has 0 aromatic heterocycles. The molecule has 0 atom stereocenters. The first-order valence-electron chi connectivity index (χ1n) is 6.25. The van der Waals surface area contributed by atoms with Crippen LogP contribution in [0.2, 0.25) is 0 Å². The van der Waals surface area contributed by atoms with E-state index in [0.717, 1.165) is 11.0 Å². The van der Waals surface area contributed by atoms with E-state index in [1.165, 1.54) is 19.2 Å². The van der Waals surface area contributed by atoms with Crippen LogP contribution in [0.4, 0.5) is 24.5 Å². The number of sulfonamides is 1. The number of hydrogen-bond donors (Lipinski definition) is 2. The van der Waals surface area contributed by atoms with Gasteiger partial charge in [-0.05, 0) is 31.7 Å². The average molecular weight is 325 g/mol. The molecule has 5 nitrogen and oxygen atoms in total. The Morgan fingerprint density at radius 2 is 1.95 bits per heavy atom. The molecule has 1 aromatic carbocycles. The second-order valence-electron chi connectivity index (χ2n) is 4.47. The van der Waals surface area contributed by atoms with Crippen LogP contribution >= 0.6 is 0 Å². The summed E-state index contributed by atoms with van der Waals surface area (Å²) < 4.78 is 64.1. The molecular formula is C12H18F3N3O2S. The number of halogens is 3. The SMILES string of the molecule is CCCN(CC(F)(F)F)c1ccc(N)cc1S(=O)(=O)NC. The first-order chi connectivity index (χ1) is 9.60. The zero-order chi connectivity index (χ0) is 16.3. The second-order valence-corrected chi connectivity index (χ2v) is 6.33. The lowest BCUT2D eigenvalue weighted by atomic mass is 10.2. The van der Waals surface area contributed by atoms with Crippen LogP contribution in [0.25, 0.3) is 0 Å².